The fourth-order valence-electron chi connectivity index (χ4n) is 2.72. The number of hydrogen-bond acceptors (Lipinski definition) is 4. The van der Waals surface area contributed by atoms with Crippen LogP contribution < -0.4 is 4.74 Å². The van der Waals surface area contributed by atoms with Gasteiger partial charge in [-0.05, 0) is 17.7 Å². The van der Waals surface area contributed by atoms with Gasteiger partial charge >= 0.3 is 0 Å². The summed E-state index contributed by atoms with van der Waals surface area (Å²) < 4.78 is 9.02. The van der Waals surface area contributed by atoms with Gasteiger partial charge in [0.2, 0.25) is 5.78 Å². The van der Waals surface area contributed by atoms with Crippen molar-refractivity contribution in [1.29, 1.82) is 0 Å². The molecular formula is C18H17N5O. The molecule has 4 rings (SSSR count). The quantitative estimate of drug-likeness (QED) is 0.580. The Kier molecular flexibility index (Phi) is 3.49. The second kappa shape index (κ2) is 5.81. The smallest absolute Gasteiger partial charge is 0.233 e. The third-order valence-electron chi connectivity index (χ3n) is 4.02. The molecule has 0 aliphatic heterocycles. The van der Waals surface area contributed by atoms with Crippen molar-refractivity contribution < 1.29 is 4.74 Å². The molecule has 0 saturated carbocycles. The molecule has 4 aromatic rings. The molecule has 0 saturated heterocycles. The summed E-state index contributed by atoms with van der Waals surface area (Å²) in [6, 6.07) is 8.07. The molecule has 6 heteroatoms. The fourth-order valence-corrected chi connectivity index (χ4v) is 2.72. The average Bonchev–Trinajstić information content (AvgIpc) is 3.22. The van der Waals surface area contributed by atoms with Gasteiger partial charge in [0.1, 0.15) is 5.75 Å². The number of hydrogen-bond donors (Lipinski definition) is 0. The molecule has 0 fully saturated rings. The van der Waals surface area contributed by atoms with Gasteiger partial charge < -0.3 is 4.74 Å². The summed E-state index contributed by atoms with van der Waals surface area (Å²) in [6.07, 6.45) is 10.4. The van der Waals surface area contributed by atoms with E-state index < -0.39 is 0 Å². The van der Waals surface area contributed by atoms with Crippen molar-refractivity contribution >= 4 is 5.78 Å². The Bertz CT molecular complexity index is 984. The largest absolute Gasteiger partial charge is 0.497 e. The Morgan fingerprint density at radius 2 is 1.71 bits per heavy atom. The van der Waals surface area contributed by atoms with Crippen molar-refractivity contribution in [3.63, 3.8) is 0 Å². The molecule has 24 heavy (non-hydrogen) atoms. The molecule has 3 aromatic heterocycles. The molecule has 0 bridgehead atoms. The van der Waals surface area contributed by atoms with Crippen molar-refractivity contribution in [1.82, 2.24) is 24.1 Å². The van der Waals surface area contributed by atoms with Crippen LogP contribution in [-0.2, 0) is 13.5 Å². The van der Waals surface area contributed by atoms with E-state index in [0.29, 0.717) is 5.78 Å². The lowest BCUT2D eigenvalue weighted by Crippen LogP contribution is -1.97. The number of methoxy groups -OCH3 is 1. The number of aromatic nitrogens is 5. The zero-order valence-electron chi connectivity index (χ0n) is 13.5. The minimum Gasteiger partial charge on any atom is -0.497 e. The number of imidazole rings is 1. The summed E-state index contributed by atoms with van der Waals surface area (Å²) in [5.41, 5.74) is 4.35. The SMILES string of the molecule is COc1ccc(Cc2cnc3ncc(-c4cnn(C)c4)cn23)cc1. The van der Waals surface area contributed by atoms with Crippen molar-refractivity contribution in [2.75, 3.05) is 7.11 Å². The van der Waals surface area contributed by atoms with Gasteiger partial charge in [-0.1, -0.05) is 12.1 Å². The lowest BCUT2D eigenvalue weighted by Gasteiger charge is -2.05. The van der Waals surface area contributed by atoms with E-state index in [9.17, 15) is 0 Å². The molecule has 0 radical (unpaired) electrons. The summed E-state index contributed by atoms with van der Waals surface area (Å²) in [5, 5.41) is 4.22. The molecule has 0 amide bonds. The highest BCUT2D eigenvalue weighted by Crippen LogP contribution is 2.20. The van der Waals surface area contributed by atoms with Gasteiger partial charge in [-0.25, -0.2) is 9.97 Å². The predicted molar refractivity (Wildman–Crippen MR) is 91.0 cm³/mol. The van der Waals surface area contributed by atoms with Gasteiger partial charge in [-0.3, -0.25) is 9.08 Å². The standard InChI is InChI=1S/C18H17N5O/c1-22-11-15(9-21-22)14-8-19-18-20-10-16(23(18)12-14)7-13-3-5-17(24-2)6-4-13/h3-6,8-12H,7H2,1-2H3. The van der Waals surface area contributed by atoms with Crippen LogP contribution in [0.3, 0.4) is 0 Å². The Balaban J connectivity index is 1.70. The van der Waals surface area contributed by atoms with E-state index in [1.165, 1.54) is 5.56 Å². The number of nitrogens with zero attached hydrogens (tertiary/aromatic N) is 5. The molecule has 0 aliphatic carbocycles. The van der Waals surface area contributed by atoms with Crippen molar-refractivity contribution in [3.8, 4) is 16.9 Å². The maximum Gasteiger partial charge on any atom is 0.233 e. The molecule has 120 valence electrons. The number of fused-ring (bicyclic) bond motifs is 1. The lowest BCUT2D eigenvalue weighted by atomic mass is 10.1. The Labute approximate surface area is 139 Å². The lowest BCUT2D eigenvalue weighted by molar-refractivity contribution is 0.414. The third kappa shape index (κ3) is 2.62. The Morgan fingerprint density at radius 3 is 2.42 bits per heavy atom. The first-order chi connectivity index (χ1) is 11.7. The first-order valence-corrected chi connectivity index (χ1v) is 7.67. The number of benzene rings is 1. The number of aryl methyl sites for hydroxylation is 1. The highest BCUT2D eigenvalue weighted by molar-refractivity contribution is 5.61. The molecule has 3 heterocycles. The Hall–Kier alpha value is -3.15. The summed E-state index contributed by atoms with van der Waals surface area (Å²) >= 11 is 0. The average molecular weight is 319 g/mol. The van der Waals surface area contributed by atoms with Gasteiger partial charge in [0, 0.05) is 48.9 Å². The van der Waals surface area contributed by atoms with Gasteiger partial charge in [0.25, 0.3) is 0 Å². The fraction of sp³-hybridized carbons (Fsp3) is 0.167. The van der Waals surface area contributed by atoms with Crippen molar-refractivity contribution in [2.24, 2.45) is 7.05 Å². The monoisotopic (exact) mass is 319 g/mol. The van der Waals surface area contributed by atoms with E-state index in [1.54, 1.807) is 11.8 Å². The third-order valence-corrected chi connectivity index (χ3v) is 4.02. The van der Waals surface area contributed by atoms with E-state index in [-0.39, 0.29) is 0 Å². The summed E-state index contributed by atoms with van der Waals surface area (Å²) in [6.45, 7) is 0. The number of rotatable bonds is 4. The van der Waals surface area contributed by atoms with Gasteiger partial charge in [0.05, 0.1) is 19.5 Å². The molecule has 6 nitrogen and oxygen atoms in total. The highest BCUT2D eigenvalue weighted by atomic mass is 16.5. The van der Waals surface area contributed by atoms with Crippen molar-refractivity contribution in [2.45, 2.75) is 6.42 Å². The van der Waals surface area contributed by atoms with Crippen LogP contribution in [0.5, 0.6) is 5.75 Å². The molecule has 0 N–H and O–H groups in total. The second-order valence-electron chi connectivity index (χ2n) is 5.69. The van der Waals surface area contributed by atoms with E-state index >= 15 is 0 Å². The van der Waals surface area contributed by atoms with E-state index in [2.05, 4.69) is 33.4 Å². The maximum atomic E-state index is 5.21. The van der Waals surface area contributed by atoms with Crippen molar-refractivity contribution in [3.05, 3.63) is 66.5 Å². The van der Waals surface area contributed by atoms with Crippen LogP contribution in [0.2, 0.25) is 0 Å². The molecular weight excluding hydrogens is 302 g/mol. The van der Waals surface area contributed by atoms with Crippen LogP contribution in [0.1, 0.15) is 11.3 Å². The van der Waals surface area contributed by atoms with Crippen LogP contribution in [-0.4, -0.2) is 31.3 Å². The Morgan fingerprint density at radius 1 is 0.958 bits per heavy atom. The minimum atomic E-state index is 0.700. The summed E-state index contributed by atoms with van der Waals surface area (Å²) in [4.78, 5) is 8.85. The second-order valence-corrected chi connectivity index (χ2v) is 5.69. The summed E-state index contributed by atoms with van der Waals surface area (Å²) in [7, 11) is 3.58. The predicted octanol–water partition coefficient (Wildman–Crippen LogP) is 2.73. The normalized spacial score (nSPS) is 11.1. The van der Waals surface area contributed by atoms with Gasteiger partial charge in [0.15, 0.2) is 0 Å². The van der Waals surface area contributed by atoms with Gasteiger partial charge in [-0.2, -0.15) is 5.10 Å². The van der Waals surface area contributed by atoms with Crippen LogP contribution in [0.15, 0.2) is 55.2 Å². The van der Waals surface area contributed by atoms with Crippen LogP contribution in [0.25, 0.3) is 16.9 Å². The van der Waals surface area contributed by atoms with Gasteiger partial charge in [-0.15, -0.1) is 0 Å². The summed E-state index contributed by atoms with van der Waals surface area (Å²) in [5.74, 6) is 1.56. The van der Waals surface area contributed by atoms with Crippen LogP contribution in [0.4, 0.5) is 0 Å². The zero-order valence-corrected chi connectivity index (χ0v) is 13.5. The number of ether oxygens (including phenoxy) is 1. The maximum absolute atomic E-state index is 5.21. The van der Waals surface area contributed by atoms with Crippen LogP contribution in [0, 0.1) is 0 Å². The first-order valence-electron chi connectivity index (χ1n) is 7.67. The van der Waals surface area contributed by atoms with E-state index in [1.807, 2.05) is 48.4 Å². The molecule has 0 spiro atoms. The zero-order chi connectivity index (χ0) is 16.5. The van der Waals surface area contributed by atoms with E-state index in [0.717, 1.165) is 29.0 Å². The molecule has 0 aliphatic rings. The van der Waals surface area contributed by atoms with Crippen LogP contribution >= 0.6 is 0 Å². The highest BCUT2D eigenvalue weighted by Gasteiger charge is 2.08. The topological polar surface area (TPSA) is 57.2 Å². The van der Waals surface area contributed by atoms with E-state index in [4.69, 9.17) is 4.74 Å². The molecule has 1 aromatic carbocycles. The molecule has 0 unspecified atom stereocenters. The minimum absolute atomic E-state index is 0.700. The first kappa shape index (κ1) is 14.4. The molecule has 0 atom stereocenters.